The summed E-state index contributed by atoms with van der Waals surface area (Å²) in [5, 5.41) is 17.9. The topological polar surface area (TPSA) is 114 Å². The van der Waals surface area contributed by atoms with Gasteiger partial charge in [0.25, 0.3) is 11.5 Å². The number of aromatic carboxylic acids is 1. The fourth-order valence-corrected chi connectivity index (χ4v) is 2.70. The molecule has 2 aromatic carbocycles. The number of carbonyl (C=O) groups is 2. The molecule has 3 aromatic rings. The van der Waals surface area contributed by atoms with Gasteiger partial charge in [-0.1, -0.05) is 37.3 Å². The molecule has 0 aliphatic carbocycles. The summed E-state index contributed by atoms with van der Waals surface area (Å²) in [7, 11) is 0. The summed E-state index contributed by atoms with van der Waals surface area (Å²) in [6.45, 7) is 2.33. The molecule has 0 radical (unpaired) electrons. The molecule has 0 unspecified atom stereocenters. The molecule has 3 rings (SSSR count). The molecule has 1 amide bonds. The van der Waals surface area contributed by atoms with Gasteiger partial charge in [-0.2, -0.15) is 10.2 Å². The number of nitrogens with one attached hydrogen (secondary N) is 1. The second kappa shape index (κ2) is 8.26. The van der Waals surface area contributed by atoms with Crippen molar-refractivity contribution in [1.29, 1.82) is 0 Å². The molecule has 28 heavy (non-hydrogen) atoms. The van der Waals surface area contributed by atoms with Gasteiger partial charge in [-0.25, -0.2) is 14.9 Å². The monoisotopic (exact) mass is 378 g/mol. The van der Waals surface area contributed by atoms with Crippen molar-refractivity contribution in [3.63, 3.8) is 0 Å². The number of carboxylic acid groups (broad SMARTS) is 1. The van der Waals surface area contributed by atoms with Crippen LogP contribution in [0.4, 0.5) is 0 Å². The largest absolute Gasteiger partial charge is 0.478 e. The van der Waals surface area contributed by atoms with E-state index < -0.39 is 11.9 Å². The van der Waals surface area contributed by atoms with Gasteiger partial charge in [0.2, 0.25) is 0 Å². The van der Waals surface area contributed by atoms with E-state index in [2.05, 4.69) is 15.6 Å². The summed E-state index contributed by atoms with van der Waals surface area (Å²) in [5.74, 6) is -1.56. The zero-order chi connectivity index (χ0) is 20.1. The second-order valence-electron chi connectivity index (χ2n) is 6.05. The zero-order valence-electron chi connectivity index (χ0n) is 15.1. The van der Waals surface area contributed by atoms with Crippen LogP contribution < -0.4 is 11.0 Å². The minimum absolute atomic E-state index is 0.113. The fraction of sp³-hybridized carbons (Fsp3) is 0.150. The normalized spacial score (nSPS) is 11.0. The number of hydrogen-bond donors (Lipinski definition) is 2. The van der Waals surface area contributed by atoms with E-state index in [1.807, 2.05) is 6.92 Å². The summed E-state index contributed by atoms with van der Waals surface area (Å²) in [5.41, 5.74) is 3.06. The Kier molecular flexibility index (Phi) is 5.59. The van der Waals surface area contributed by atoms with Gasteiger partial charge in [0.15, 0.2) is 5.69 Å². The van der Waals surface area contributed by atoms with Gasteiger partial charge in [-0.15, -0.1) is 0 Å². The zero-order valence-corrected chi connectivity index (χ0v) is 15.1. The van der Waals surface area contributed by atoms with E-state index in [-0.39, 0.29) is 16.8 Å². The van der Waals surface area contributed by atoms with E-state index in [1.54, 1.807) is 36.4 Å². The Morgan fingerprint density at radius 3 is 2.46 bits per heavy atom. The second-order valence-corrected chi connectivity index (χ2v) is 6.05. The number of rotatable bonds is 6. The van der Waals surface area contributed by atoms with Gasteiger partial charge in [0, 0.05) is 11.9 Å². The number of hydrazone groups is 1. The first-order chi connectivity index (χ1) is 13.5. The quantitative estimate of drug-likeness (QED) is 0.504. The van der Waals surface area contributed by atoms with Crippen molar-refractivity contribution in [2.45, 2.75) is 19.9 Å². The first kappa shape index (κ1) is 19.0. The highest BCUT2D eigenvalue weighted by molar-refractivity contribution is 6.05. The van der Waals surface area contributed by atoms with E-state index in [4.69, 9.17) is 5.11 Å². The van der Waals surface area contributed by atoms with Crippen molar-refractivity contribution in [3.8, 4) is 0 Å². The van der Waals surface area contributed by atoms with Gasteiger partial charge in [-0.3, -0.25) is 9.59 Å². The molecule has 1 heterocycles. The van der Waals surface area contributed by atoms with Crippen LogP contribution in [0, 0.1) is 0 Å². The van der Waals surface area contributed by atoms with Crippen LogP contribution in [-0.4, -0.2) is 33.0 Å². The molecule has 0 aliphatic heterocycles. The predicted molar refractivity (Wildman–Crippen MR) is 105 cm³/mol. The lowest BCUT2D eigenvalue weighted by molar-refractivity contribution is 0.0696. The molecule has 142 valence electrons. The van der Waals surface area contributed by atoms with Gasteiger partial charge in [0.05, 0.1) is 17.2 Å². The third kappa shape index (κ3) is 3.96. The number of fused-ring (bicyclic) bond motifs is 1. The number of amides is 1. The Hall–Kier alpha value is -3.81. The third-order valence-corrected chi connectivity index (χ3v) is 4.06. The van der Waals surface area contributed by atoms with Gasteiger partial charge < -0.3 is 5.11 Å². The van der Waals surface area contributed by atoms with Crippen LogP contribution in [0.2, 0.25) is 0 Å². The average molecular weight is 378 g/mol. The maximum Gasteiger partial charge on any atom is 0.335 e. The standard InChI is InChI=1S/C20H18N4O4/c1-2-11-24-19(26)16-6-4-3-5-15(16)17(23-24)18(25)22-21-12-13-7-9-14(10-8-13)20(27)28/h3-10,12H,2,11H2,1H3,(H,22,25)(H,27,28)/b21-12+. The molecule has 0 fully saturated rings. The highest BCUT2D eigenvalue weighted by Gasteiger charge is 2.16. The molecule has 0 saturated carbocycles. The Morgan fingerprint density at radius 2 is 1.82 bits per heavy atom. The number of hydrogen-bond acceptors (Lipinski definition) is 5. The van der Waals surface area contributed by atoms with E-state index in [0.717, 1.165) is 0 Å². The van der Waals surface area contributed by atoms with Crippen molar-refractivity contribution >= 4 is 28.9 Å². The minimum atomic E-state index is -1.02. The van der Waals surface area contributed by atoms with E-state index in [9.17, 15) is 14.4 Å². The predicted octanol–water partition coefficient (Wildman–Crippen LogP) is 2.27. The smallest absolute Gasteiger partial charge is 0.335 e. The summed E-state index contributed by atoms with van der Waals surface area (Å²) in [6.07, 6.45) is 2.10. The summed E-state index contributed by atoms with van der Waals surface area (Å²) >= 11 is 0. The number of aromatic nitrogens is 2. The molecule has 8 nitrogen and oxygen atoms in total. The number of benzene rings is 2. The number of carboxylic acids is 1. The third-order valence-electron chi connectivity index (χ3n) is 4.06. The molecule has 0 atom stereocenters. The van der Waals surface area contributed by atoms with Crippen LogP contribution in [0.3, 0.4) is 0 Å². The first-order valence-electron chi connectivity index (χ1n) is 8.68. The van der Waals surface area contributed by atoms with Crippen LogP contribution in [-0.2, 0) is 6.54 Å². The molecule has 2 N–H and O–H groups in total. The lowest BCUT2D eigenvalue weighted by Crippen LogP contribution is -2.29. The number of carbonyl (C=O) groups excluding carboxylic acids is 1. The molecule has 0 bridgehead atoms. The summed E-state index contributed by atoms with van der Waals surface area (Å²) < 4.78 is 1.28. The lowest BCUT2D eigenvalue weighted by atomic mass is 10.1. The molecular weight excluding hydrogens is 360 g/mol. The Bertz CT molecular complexity index is 1120. The summed E-state index contributed by atoms with van der Waals surface area (Å²) in [4.78, 5) is 35.9. The van der Waals surface area contributed by atoms with Crippen molar-refractivity contribution in [3.05, 3.63) is 75.7 Å². The number of aryl methyl sites for hydroxylation is 1. The SMILES string of the molecule is CCCn1nc(C(=O)N/N=C/c2ccc(C(=O)O)cc2)c2ccccc2c1=O. The van der Waals surface area contributed by atoms with E-state index in [1.165, 1.54) is 23.0 Å². The first-order valence-corrected chi connectivity index (χ1v) is 8.68. The molecule has 0 saturated heterocycles. The van der Waals surface area contributed by atoms with Gasteiger partial charge in [-0.05, 0) is 30.2 Å². The van der Waals surface area contributed by atoms with Gasteiger partial charge >= 0.3 is 5.97 Å². The highest BCUT2D eigenvalue weighted by atomic mass is 16.4. The maximum atomic E-state index is 12.6. The lowest BCUT2D eigenvalue weighted by Gasteiger charge is -2.09. The van der Waals surface area contributed by atoms with Crippen molar-refractivity contribution in [1.82, 2.24) is 15.2 Å². The Labute approximate surface area is 160 Å². The van der Waals surface area contributed by atoms with Crippen molar-refractivity contribution in [2.24, 2.45) is 5.10 Å². The van der Waals surface area contributed by atoms with E-state index >= 15 is 0 Å². The van der Waals surface area contributed by atoms with Crippen molar-refractivity contribution < 1.29 is 14.7 Å². The van der Waals surface area contributed by atoms with Crippen LogP contribution in [0.5, 0.6) is 0 Å². The average Bonchev–Trinajstić information content (AvgIpc) is 2.70. The molecule has 0 spiro atoms. The Balaban J connectivity index is 1.86. The van der Waals surface area contributed by atoms with Crippen LogP contribution in [0.15, 0.2) is 58.4 Å². The summed E-state index contributed by atoms with van der Waals surface area (Å²) in [6, 6.07) is 12.8. The molecule has 1 aromatic heterocycles. The molecule has 0 aliphatic rings. The highest BCUT2D eigenvalue weighted by Crippen LogP contribution is 2.13. The molecular formula is C20H18N4O4. The minimum Gasteiger partial charge on any atom is -0.478 e. The molecule has 8 heteroatoms. The van der Waals surface area contributed by atoms with Gasteiger partial charge in [0.1, 0.15) is 0 Å². The number of nitrogens with zero attached hydrogens (tertiary/aromatic N) is 3. The maximum absolute atomic E-state index is 12.6. The van der Waals surface area contributed by atoms with Crippen LogP contribution in [0.1, 0.15) is 39.8 Å². The van der Waals surface area contributed by atoms with E-state index in [0.29, 0.717) is 29.3 Å². The fourth-order valence-electron chi connectivity index (χ4n) is 2.70. The van der Waals surface area contributed by atoms with Crippen molar-refractivity contribution in [2.75, 3.05) is 0 Å². The van der Waals surface area contributed by atoms with Crippen LogP contribution >= 0.6 is 0 Å². The Morgan fingerprint density at radius 1 is 1.14 bits per heavy atom. The van der Waals surface area contributed by atoms with Crippen LogP contribution in [0.25, 0.3) is 10.8 Å².